The Kier molecular flexibility index (Phi) is 4.85. The fraction of sp³-hybridized carbons (Fsp3) is 0.312. The number of benzene rings is 1. The van der Waals surface area contributed by atoms with Gasteiger partial charge in [0.1, 0.15) is 17.4 Å². The summed E-state index contributed by atoms with van der Waals surface area (Å²) < 4.78 is 5.71. The summed E-state index contributed by atoms with van der Waals surface area (Å²) in [5, 5.41) is 26.9. The van der Waals surface area contributed by atoms with Gasteiger partial charge in [-0.3, -0.25) is 0 Å². The summed E-state index contributed by atoms with van der Waals surface area (Å²) in [6.07, 6.45) is 1.41. The molecule has 2 rings (SSSR count). The van der Waals surface area contributed by atoms with Gasteiger partial charge < -0.3 is 9.84 Å². The molecule has 0 atom stereocenters. The molecule has 0 radical (unpaired) electrons. The molecule has 1 aromatic carbocycles. The summed E-state index contributed by atoms with van der Waals surface area (Å²) in [5.41, 5.74) is 2.74. The lowest BCUT2D eigenvalue weighted by Gasteiger charge is -2.12. The molecule has 108 valence electrons. The van der Waals surface area contributed by atoms with Crippen molar-refractivity contribution in [1.29, 1.82) is 5.26 Å². The lowest BCUT2D eigenvalue weighted by atomic mass is 10.0. The molecule has 5 nitrogen and oxygen atoms in total. The molecule has 5 heteroatoms. The van der Waals surface area contributed by atoms with Crippen LogP contribution in [0.5, 0.6) is 11.6 Å². The first-order valence-electron chi connectivity index (χ1n) is 6.90. The van der Waals surface area contributed by atoms with Gasteiger partial charge in [-0.15, -0.1) is 5.10 Å². The Hall–Kier alpha value is -2.45. The summed E-state index contributed by atoms with van der Waals surface area (Å²) >= 11 is 0. The van der Waals surface area contributed by atoms with E-state index in [0.29, 0.717) is 23.3 Å². The van der Waals surface area contributed by atoms with E-state index in [2.05, 4.69) is 16.3 Å². The number of aryl methyl sites for hydroxylation is 1. The van der Waals surface area contributed by atoms with Gasteiger partial charge in [0.2, 0.25) is 0 Å². The molecule has 0 spiro atoms. The molecule has 0 aliphatic heterocycles. The molecular weight excluding hydrogens is 266 g/mol. The monoisotopic (exact) mass is 283 g/mol. The van der Waals surface area contributed by atoms with E-state index in [9.17, 15) is 10.4 Å². The van der Waals surface area contributed by atoms with Gasteiger partial charge in [-0.1, -0.05) is 32.0 Å². The molecule has 0 saturated carbocycles. The highest BCUT2D eigenvalue weighted by molar-refractivity contribution is 5.48. The van der Waals surface area contributed by atoms with E-state index in [1.54, 1.807) is 18.2 Å². The second-order valence-corrected chi connectivity index (χ2v) is 4.49. The molecule has 0 unspecified atom stereocenters. The van der Waals surface area contributed by atoms with Crippen LogP contribution in [-0.4, -0.2) is 15.3 Å². The number of rotatable bonds is 5. The van der Waals surface area contributed by atoms with Gasteiger partial charge in [0.05, 0.1) is 12.3 Å². The summed E-state index contributed by atoms with van der Waals surface area (Å²) in [5.74, 6) is 0.671. The second kappa shape index (κ2) is 6.82. The van der Waals surface area contributed by atoms with Gasteiger partial charge in [0.15, 0.2) is 0 Å². The normalized spacial score (nSPS) is 10.2. The Morgan fingerprint density at radius 1 is 1.19 bits per heavy atom. The van der Waals surface area contributed by atoms with Crippen LogP contribution in [0, 0.1) is 11.3 Å². The standard InChI is InChI=1S/C16H17N3O2/c1-3-12-13(9-17)16(19-18-14(12)4-2)21-15-8-6-5-7-11(15)10-20/h5-8,20H,3-4,10H2,1-2H3. The fourth-order valence-corrected chi connectivity index (χ4v) is 2.18. The van der Waals surface area contributed by atoms with Gasteiger partial charge in [-0.05, 0) is 24.5 Å². The first-order valence-corrected chi connectivity index (χ1v) is 6.90. The average molecular weight is 283 g/mol. The van der Waals surface area contributed by atoms with Crippen LogP contribution in [0.4, 0.5) is 0 Å². The van der Waals surface area contributed by atoms with Crippen molar-refractivity contribution < 1.29 is 9.84 Å². The Labute approximate surface area is 123 Å². The van der Waals surface area contributed by atoms with Crippen molar-refractivity contribution in [1.82, 2.24) is 10.2 Å². The Morgan fingerprint density at radius 3 is 2.57 bits per heavy atom. The molecule has 0 aliphatic carbocycles. The number of nitrogens with zero attached hydrogens (tertiary/aromatic N) is 3. The first-order chi connectivity index (χ1) is 10.2. The van der Waals surface area contributed by atoms with Crippen LogP contribution in [0.2, 0.25) is 0 Å². The van der Waals surface area contributed by atoms with E-state index < -0.39 is 0 Å². The zero-order valence-electron chi connectivity index (χ0n) is 12.1. The van der Waals surface area contributed by atoms with E-state index in [4.69, 9.17) is 4.74 Å². The van der Waals surface area contributed by atoms with Crippen molar-refractivity contribution in [3.63, 3.8) is 0 Å². The lowest BCUT2D eigenvalue weighted by Crippen LogP contribution is -2.05. The van der Waals surface area contributed by atoms with Gasteiger partial charge >= 0.3 is 0 Å². The van der Waals surface area contributed by atoms with Gasteiger partial charge in [0, 0.05) is 5.56 Å². The molecule has 0 saturated heterocycles. The number of nitriles is 1. The third-order valence-electron chi connectivity index (χ3n) is 3.28. The summed E-state index contributed by atoms with van der Waals surface area (Å²) in [6.45, 7) is 3.81. The fourth-order valence-electron chi connectivity index (χ4n) is 2.18. The average Bonchev–Trinajstić information content (AvgIpc) is 2.54. The zero-order chi connectivity index (χ0) is 15.2. The maximum Gasteiger partial charge on any atom is 0.257 e. The van der Waals surface area contributed by atoms with Crippen LogP contribution in [0.15, 0.2) is 24.3 Å². The van der Waals surface area contributed by atoms with E-state index in [1.165, 1.54) is 0 Å². The molecule has 0 bridgehead atoms. The first kappa shape index (κ1) is 14.9. The molecule has 1 heterocycles. The number of ether oxygens (including phenoxy) is 1. The minimum absolute atomic E-state index is 0.140. The SMILES string of the molecule is CCc1nnc(Oc2ccccc2CO)c(C#N)c1CC. The maximum atomic E-state index is 9.41. The van der Waals surface area contributed by atoms with E-state index in [1.807, 2.05) is 19.9 Å². The molecule has 2 aromatic rings. The number of aromatic nitrogens is 2. The minimum Gasteiger partial charge on any atom is -0.436 e. The molecule has 0 fully saturated rings. The highest BCUT2D eigenvalue weighted by Gasteiger charge is 2.16. The zero-order valence-corrected chi connectivity index (χ0v) is 12.1. The number of aliphatic hydroxyl groups excluding tert-OH is 1. The summed E-state index contributed by atoms with van der Waals surface area (Å²) in [6, 6.07) is 9.26. The number of hydrogen-bond acceptors (Lipinski definition) is 5. The van der Waals surface area contributed by atoms with E-state index in [0.717, 1.165) is 17.7 Å². The predicted molar refractivity (Wildman–Crippen MR) is 77.9 cm³/mol. The quantitative estimate of drug-likeness (QED) is 0.912. The number of aliphatic hydroxyl groups is 1. The van der Waals surface area contributed by atoms with Gasteiger partial charge in [0.25, 0.3) is 5.88 Å². The molecule has 0 amide bonds. The highest BCUT2D eigenvalue weighted by atomic mass is 16.5. The lowest BCUT2D eigenvalue weighted by molar-refractivity contribution is 0.276. The summed E-state index contributed by atoms with van der Waals surface area (Å²) in [7, 11) is 0. The topological polar surface area (TPSA) is 79.0 Å². The molecule has 21 heavy (non-hydrogen) atoms. The van der Waals surface area contributed by atoms with Gasteiger partial charge in [-0.2, -0.15) is 10.4 Å². The number of hydrogen-bond donors (Lipinski definition) is 1. The van der Waals surface area contributed by atoms with Crippen molar-refractivity contribution >= 4 is 0 Å². The van der Waals surface area contributed by atoms with Crippen LogP contribution in [0.3, 0.4) is 0 Å². The maximum absolute atomic E-state index is 9.41. The molecule has 0 aliphatic rings. The Bertz CT molecular complexity index is 678. The molecular formula is C16H17N3O2. The van der Waals surface area contributed by atoms with Crippen LogP contribution >= 0.6 is 0 Å². The van der Waals surface area contributed by atoms with Crippen LogP contribution in [0.25, 0.3) is 0 Å². The Morgan fingerprint density at radius 2 is 1.95 bits per heavy atom. The van der Waals surface area contributed by atoms with Crippen molar-refractivity contribution in [2.45, 2.75) is 33.3 Å². The van der Waals surface area contributed by atoms with Crippen LogP contribution in [-0.2, 0) is 19.4 Å². The van der Waals surface area contributed by atoms with Crippen molar-refractivity contribution in [3.8, 4) is 17.7 Å². The van der Waals surface area contributed by atoms with Gasteiger partial charge in [-0.25, -0.2) is 0 Å². The largest absolute Gasteiger partial charge is 0.436 e. The van der Waals surface area contributed by atoms with Crippen LogP contribution < -0.4 is 4.74 Å². The van der Waals surface area contributed by atoms with Crippen molar-refractivity contribution in [2.24, 2.45) is 0 Å². The van der Waals surface area contributed by atoms with E-state index in [-0.39, 0.29) is 12.5 Å². The van der Waals surface area contributed by atoms with Crippen LogP contribution in [0.1, 0.15) is 36.2 Å². The third kappa shape index (κ3) is 3.01. The third-order valence-corrected chi connectivity index (χ3v) is 3.28. The smallest absolute Gasteiger partial charge is 0.257 e. The predicted octanol–water partition coefficient (Wildman–Crippen LogP) is 2.76. The molecule has 1 N–H and O–H groups in total. The van der Waals surface area contributed by atoms with Crippen molar-refractivity contribution in [2.75, 3.05) is 0 Å². The van der Waals surface area contributed by atoms with Crippen molar-refractivity contribution in [3.05, 3.63) is 46.6 Å². The second-order valence-electron chi connectivity index (χ2n) is 4.49. The molecule has 1 aromatic heterocycles. The summed E-state index contributed by atoms with van der Waals surface area (Å²) in [4.78, 5) is 0. The number of para-hydroxylation sites is 1. The highest BCUT2D eigenvalue weighted by Crippen LogP contribution is 2.28. The minimum atomic E-state index is -0.140. The Balaban J connectivity index is 2.48. The van der Waals surface area contributed by atoms with E-state index >= 15 is 0 Å².